The smallest absolute Gasteiger partial charge is 0.342 e. The average molecular weight is 602 g/mol. The van der Waals surface area contributed by atoms with Crippen molar-refractivity contribution in [1.82, 2.24) is 19.2 Å². The molecule has 1 aliphatic rings. The van der Waals surface area contributed by atoms with E-state index in [1.165, 1.54) is 9.21 Å². The zero-order chi connectivity index (χ0) is 27.6. The highest BCUT2D eigenvalue weighted by Gasteiger charge is 2.37. The zero-order valence-corrected chi connectivity index (χ0v) is 24.0. The van der Waals surface area contributed by atoms with Crippen LogP contribution in [0.25, 0.3) is 11.4 Å². The molecule has 0 N–H and O–H groups in total. The minimum atomic E-state index is -3.75. The Morgan fingerprint density at radius 3 is 2.29 bits per heavy atom. The van der Waals surface area contributed by atoms with E-state index < -0.39 is 34.0 Å². The molecule has 11 heteroatoms. The fourth-order valence-corrected chi connectivity index (χ4v) is 6.21. The second-order valence-corrected chi connectivity index (χ2v) is 12.2. The third-order valence-electron chi connectivity index (χ3n) is 6.15. The lowest BCUT2D eigenvalue weighted by Gasteiger charge is -2.39. The highest BCUT2D eigenvalue weighted by Crippen LogP contribution is 2.26. The summed E-state index contributed by atoms with van der Waals surface area (Å²) in [4.78, 5) is 37.5. The summed E-state index contributed by atoms with van der Waals surface area (Å²) in [5, 5.41) is 0. The number of halogens is 1. The van der Waals surface area contributed by atoms with Crippen LogP contribution in [-0.4, -0.2) is 71.2 Å². The number of ether oxygens (including phenoxy) is 1. The quantitative estimate of drug-likeness (QED) is 0.388. The van der Waals surface area contributed by atoms with Crippen LogP contribution in [-0.2, 0) is 14.8 Å². The Balaban J connectivity index is 1.66. The van der Waals surface area contributed by atoms with E-state index in [1.807, 2.05) is 30.3 Å². The maximum atomic E-state index is 13.8. The lowest BCUT2D eigenvalue weighted by Crippen LogP contribution is -2.55. The van der Waals surface area contributed by atoms with Crippen LogP contribution in [0, 0.1) is 6.92 Å². The second kappa shape index (κ2) is 11.3. The van der Waals surface area contributed by atoms with Crippen LogP contribution in [0.2, 0.25) is 0 Å². The molecule has 0 spiro atoms. The van der Waals surface area contributed by atoms with Crippen LogP contribution in [0.3, 0.4) is 0 Å². The molecule has 0 bridgehead atoms. The van der Waals surface area contributed by atoms with Crippen molar-refractivity contribution in [3.8, 4) is 11.4 Å². The van der Waals surface area contributed by atoms with Gasteiger partial charge < -0.3 is 9.64 Å². The van der Waals surface area contributed by atoms with E-state index in [0.717, 1.165) is 4.47 Å². The highest BCUT2D eigenvalue weighted by molar-refractivity contribution is 9.10. The molecule has 4 rings (SSSR count). The van der Waals surface area contributed by atoms with Crippen molar-refractivity contribution < 1.29 is 22.7 Å². The molecule has 9 nitrogen and oxygen atoms in total. The molecule has 1 amide bonds. The SMILES string of the molecule is Cc1nc(-c2ccccc2)nc(C(=O)N2CCN(S(=O)(=O)c3ccc(Br)cc3)C(C)C2)c1C(=O)OC(C)C. The molecule has 0 radical (unpaired) electrons. The molecule has 1 aliphatic heterocycles. The molecule has 2 heterocycles. The van der Waals surface area contributed by atoms with E-state index in [-0.39, 0.29) is 35.8 Å². The van der Waals surface area contributed by atoms with Crippen LogP contribution in [0.5, 0.6) is 0 Å². The molecule has 1 aromatic heterocycles. The molecule has 1 saturated heterocycles. The first-order valence-corrected chi connectivity index (χ1v) is 14.4. The molecule has 3 aromatic rings. The van der Waals surface area contributed by atoms with Crippen molar-refractivity contribution in [1.29, 1.82) is 0 Å². The van der Waals surface area contributed by atoms with E-state index in [1.54, 1.807) is 52.0 Å². The number of hydrogen-bond acceptors (Lipinski definition) is 7. The van der Waals surface area contributed by atoms with Crippen molar-refractivity contribution in [3.63, 3.8) is 0 Å². The van der Waals surface area contributed by atoms with Gasteiger partial charge >= 0.3 is 5.97 Å². The number of carbonyl (C=O) groups is 2. The Morgan fingerprint density at radius 1 is 1.03 bits per heavy atom. The standard InChI is InChI=1S/C27H29BrN4O5S/c1-17(2)37-27(34)23-19(4)29-25(20-8-6-5-7-9-20)30-24(23)26(33)31-14-15-32(18(3)16-31)38(35,36)22-12-10-21(28)11-13-22/h5-13,17-18H,14-16H2,1-4H3. The number of hydrogen-bond donors (Lipinski definition) is 0. The summed E-state index contributed by atoms with van der Waals surface area (Å²) >= 11 is 3.32. The first kappa shape index (κ1) is 27.9. The number of carbonyl (C=O) groups excluding carboxylic acids is 2. The third-order valence-corrected chi connectivity index (χ3v) is 8.70. The van der Waals surface area contributed by atoms with Gasteiger partial charge in [-0.05, 0) is 52.0 Å². The fraction of sp³-hybridized carbons (Fsp3) is 0.333. The van der Waals surface area contributed by atoms with Gasteiger partial charge in [0.05, 0.1) is 16.7 Å². The number of aryl methyl sites for hydroxylation is 1. The number of sulfonamides is 1. The predicted octanol–water partition coefficient (Wildman–Crippen LogP) is 4.31. The van der Waals surface area contributed by atoms with Crippen molar-refractivity contribution in [2.45, 2.75) is 44.7 Å². The Bertz CT molecular complexity index is 1450. The summed E-state index contributed by atoms with van der Waals surface area (Å²) in [5.74, 6) is -0.835. The van der Waals surface area contributed by atoms with Gasteiger partial charge in [-0.1, -0.05) is 46.3 Å². The molecule has 1 fully saturated rings. The summed E-state index contributed by atoms with van der Waals surface area (Å²) < 4.78 is 34.1. The number of piperazine rings is 1. The molecule has 1 atom stereocenters. The first-order valence-electron chi connectivity index (χ1n) is 12.2. The summed E-state index contributed by atoms with van der Waals surface area (Å²) in [6.45, 7) is 7.23. The maximum absolute atomic E-state index is 13.8. The van der Waals surface area contributed by atoms with Crippen molar-refractivity contribution in [2.24, 2.45) is 0 Å². The molecule has 0 aliphatic carbocycles. The fourth-order valence-electron chi connectivity index (χ4n) is 4.34. The van der Waals surface area contributed by atoms with Crippen molar-refractivity contribution in [2.75, 3.05) is 19.6 Å². The number of benzene rings is 2. The van der Waals surface area contributed by atoms with Gasteiger partial charge in [-0.25, -0.2) is 23.2 Å². The van der Waals surface area contributed by atoms with E-state index in [4.69, 9.17) is 4.74 Å². The number of rotatable bonds is 6. The van der Waals surface area contributed by atoms with Gasteiger partial charge in [0.1, 0.15) is 11.3 Å². The van der Waals surface area contributed by atoms with Gasteiger partial charge in [-0.3, -0.25) is 4.79 Å². The topological polar surface area (TPSA) is 110 Å². The Morgan fingerprint density at radius 2 is 1.68 bits per heavy atom. The number of nitrogens with zero attached hydrogens (tertiary/aromatic N) is 4. The molecular formula is C27H29BrN4O5S. The van der Waals surface area contributed by atoms with Gasteiger partial charge in [0, 0.05) is 35.7 Å². The normalized spacial score (nSPS) is 16.5. The average Bonchev–Trinajstić information content (AvgIpc) is 2.87. The maximum Gasteiger partial charge on any atom is 0.342 e. The molecular weight excluding hydrogens is 572 g/mol. The molecule has 0 saturated carbocycles. The first-order chi connectivity index (χ1) is 18.0. The Kier molecular flexibility index (Phi) is 8.29. The number of esters is 1. The lowest BCUT2D eigenvalue weighted by molar-refractivity contribution is 0.0368. The molecule has 1 unspecified atom stereocenters. The van der Waals surface area contributed by atoms with Gasteiger partial charge in [0.25, 0.3) is 5.91 Å². The van der Waals surface area contributed by atoms with Crippen LogP contribution < -0.4 is 0 Å². The Hall–Kier alpha value is -3.15. The minimum absolute atomic E-state index is 0.0148. The molecule has 200 valence electrons. The highest BCUT2D eigenvalue weighted by atomic mass is 79.9. The monoisotopic (exact) mass is 600 g/mol. The summed E-state index contributed by atoms with van der Waals surface area (Å²) in [6.07, 6.45) is -0.397. The van der Waals surface area contributed by atoms with Crippen molar-refractivity contribution in [3.05, 3.63) is 76.0 Å². The second-order valence-electron chi connectivity index (χ2n) is 9.35. The van der Waals surface area contributed by atoms with Gasteiger partial charge in [0.2, 0.25) is 10.0 Å². The number of aromatic nitrogens is 2. The van der Waals surface area contributed by atoms with E-state index in [0.29, 0.717) is 17.1 Å². The van der Waals surface area contributed by atoms with Gasteiger partial charge in [0.15, 0.2) is 5.82 Å². The summed E-state index contributed by atoms with van der Waals surface area (Å²) in [6, 6.07) is 15.1. The van der Waals surface area contributed by atoms with Crippen LogP contribution in [0.4, 0.5) is 0 Å². The Labute approximate surface area is 231 Å². The minimum Gasteiger partial charge on any atom is -0.459 e. The zero-order valence-electron chi connectivity index (χ0n) is 21.6. The van der Waals surface area contributed by atoms with Crippen molar-refractivity contribution >= 4 is 37.8 Å². The van der Waals surface area contributed by atoms with Crippen LogP contribution in [0.1, 0.15) is 47.3 Å². The van der Waals surface area contributed by atoms with E-state index in [2.05, 4.69) is 25.9 Å². The molecule has 38 heavy (non-hydrogen) atoms. The largest absolute Gasteiger partial charge is 0.459 e. The summed E-state index contributed by atoms with van der Waals surface area (Å²) in [5.41, 5.74) is 0.990. The van der Waals surface area contributed by atoms with Crippen LogP contribution in [0.15, 0.2) is 64.0 Å². The summed E-state index contributed by atoms with van der Waals surface area (Å²) in [7, 11) is -3.75. The lowest BCUT2D eigenvalue weighted by atomic mass is 10.1. The van der Waals surface area contributed by atoms with Crippen LogP contribution >= 0.6 is 15.9 Å². The third kappa shape index (κ3) is 5.79. The van der Waals surface area contributed by atoms with Gasteiger partial charge in [-0.2, -0.15) is 4.31 Å². The van der Waals surface area contributed by atoms with E-state index >= 15 is 0 Å². The number of amides is 1. The molecule has 2 aromatic carbocycles. The predicted molar refractivity (Wildman–Crippen MR) is 146 cm³/mol. The van der Waals surface area contributed by atoms with Gasteiger partial charge in [-0.15, -0.1) is 0 Å². The van der Waals surface area contributed by atoms with E-state index in [9.17, 15) is 18.0 Å².